The van der Waals surface area contributed by atoms with Crippen LogP contribution in [0.3, 0.4) is 0 Å². The van der Waals surface area contributed by atoms with Crippen molar-refractivity contribution in [2.45, 2.75) is 35.5 Å². The summed E-state index contributed by atoms with van der Waals surface area (Å²) in [6.07, 6.45) is 4.56. The minimum absolute atomic E-state index is 0.331. The fourth-order valence-electron chi connectivity index (χ4n) is 1.24. The topological polar surface area (TPSA) is 20.2 Å². The predicted molar refractivity (Wildman–Crippen MR) is 77.6 cm³/mol. The van der Waals surface area contributed by atoms with Crippen molar-refractivity contribution in [1.29, 1.82) is 0 Å². The van der Waals surface area contributed by atoms with E-state index in [1.54, 1.807) is 0 Å². The van der Waals surface area contributed by atoms with E-state index < -0.39 is 0 Å². The van der Waals surface area contributed by atoms with Crippen molar-refractivity contribution in [3.05, 3.63) is 24.3 Å². The first kappa shape index (κ1) is 14.3. The first-order valence-corrected chi connectivity index (χ1v) is 8.29. The average Bonchev–Trinajstić information content (AvgIpc) is 2.30. The Labute approximate surface area is 111 Å². The zero-order chi connectivity index (χ0) is 11.6. The third-order valence-corrected chi connectivity index (χ3v) is 4.89. The van der Waals surface area contributed by atoms with Gasteiger partial charge in [0.2, 0.25) is 0 Å². The minimum atomic E-state index is 0.331. The molecule has 1 nitrogen and oxygen atoms in total. The van der Waals surface area contributed by atoms with Crippen LogP contribution in [0.15, 0.2) is 34.1 Å². The Morgan fingerprint density at radius 3 is 2.38 bits per heavy atom. The number of rotatable bonds is 8. The summed E-state index contributed by atoms with van der Waals surface area (Å²) in [5.41, 5.74) is 0. The van der Waals surface area contributed by atoms with E-state index in [2.05, 4.69) is 24.8 Å². The van der Waals surface area contributed by atoms with Crippen molar-refractivity contribution in [2.24, 2.45) is 0 Å². The lowest BCUT2D eigenvalue weighted by atomic mass is 10.2. The molecule has 0 aromatic heterocycles. The lowest BCUT2D eigenvalue weighted by Crippen LogP contribution is -1.84. The van der Waals surface area contributed by atoms with Gasteiger partial charge in [0, 0.05) is 22.2 Å². The number of unbranched alkanes of at least 4 members (excludes halogenated alkanes) is 3. The van der Waals surface area contributed by atoms with Crippen LogP contribution in [0.1, 0.15) is 25.7 Å². The fraction of sp³-hybridized carbons (Fsp3) is 0.500. The predicted octanol–water partition coefficient (Wildman–Crippen LogP) is 4.27. The van der Waals surface area contributed by atoms with E-state index in [0.29, 0.717) is 6.61 Å². The largest absolute Gasteiger partial charge is 0.396 e. The van der Waals surface area contributed by atoms with Crippen molar-refractivity contribution in [3.63, 3.8) is 0 Å². The van der Waals surface area contributed by atoms with Crippen LogP contribution in [0.4, 0.5) is 0 Å². The molecule has 0 aliphatic rings. The molecule has 0 fully saturated rings. The second-order valence-electron chi connectivity index (χ2n) is 3.54. The van der Waals surface area contributed by atoms with E-state index in [1.807, 2.05) is 33.7 Å². The quantitative estimate of drug-likeness (QED) is 0.420. The normalized spacial score (nSPS) is 10.6. The third kappa shape index (κ3) is 6.74. The zero-order valence-corrected chi connectivity index (χ0v) is 11.8. The van der Waals surface area contributed by atoms with Crippen LogP contribution in [0.5, 0.6) is 0 Å². The van der Waals surface area contributed by atoms with Crippen LogP contribution in [0, 0.1) is 0 Å². The average molecular weight is 274 g/mol. The molecule has 0 unspecified atom stereocenters. The molecule has 90 valence electrons. The molecule has 0 amide bonds. The number of aliphatic hydroxyl groups is 1. The number of hydrogen-bond acceptors (Lipinski definition) is 4. The molecule has 0 heterocycles. The van der Waals surface area contributed by atoms with Crippen molar-refractivity contribution in [3.8, 4) is 0 Å². The van der Waals surface area contributed by atoms with Gasteiger partial charge in [0.05, 0.1) is 0 Å². The molecule has 4 heteroatoms. The second-order valence-corrected chi connectivity index (χ2v) is 6.54. The Morgan fingerprint density at radius 2 is 1.69 bits per heavy atom. The SMILES string of the molecule is OCCCCCCSSc1ccc(S)cc1. The highest BCUT2D eigenvalue weighted by atomic mass is 33.1. The maximum atomic E-state index is 8.62. The fourth-order valence-corrected chi connectivity index (χ4v) is 3.52. The molecule has 0 aliphatic carbocycles. The van der Waals surface area contributed by atoms with Gasteiger partial charge in [-0.1, -0.05) is 34.4 Å². The monoisotopic (exact) mass is 274 g/mol. The molecule has 1 aromatic rings. The van der Waals surface area contributed by atoms with Crippen molar-refractivity contribution in [1.82, 2.24) is 0 Å². The van der Waals surface area contributed by atoms with E-state index in [0.717, 1.165) is 17.7 Å². The van der Waals surface area contributed by atoms with Crippen LogP contribution < -0.4 is 0 Å². The zero-order valence-electron chi connectivity index (χ0n) is 9.26. The third-order valence-electron chi connectivity index (χ3n) is 2.13. The molecule has 0 saturated carbocycles. The summed E-state index contributed by atoms with van der Waals surface area (Å²) in [6, 6.07) is 8.25. The van der Waals surface area contributed by atoms with E-state index in [-0.39, 0.29) is 0 Å². The van der Waals surface area contributed by atoms with Crippen LogP contribution in [-0.4, -0.2) is 17.5 Å². The van der Waals surface area contributed by atoms with Gasteiger partial charge < -0.3 is 5.11 Å². The standard InChI is InChI=1S/C12H18OS3/c13-9-3-1-2-4-10-15-16-12-7-5-11(14)6-8-12/h5-8,13-14H,1-4,9-10H2. The summed E-state index contributed by atoms with van der Waals surface area (Å²) in [5.74, 6) is 1.18. The van der Waals surface area contributed by atoms with Gasteiger partial charge in [-0.15, -0.1) is 12.6 Å². The lowest BCUT2D eigenvalue weighted by Gasteiger charge is -2.01. The van der Waals surface area contributed by atoms with Crippen LogP contribution in [0.25, 0.3) is 0 Å². The van der Waals surface area contributed by atoms with Gasteiger partial charge in [-0.05, 0) is 37.1 Å². The molecule has 0 radical (unpaired) electrons. The van der Waals surface area contributed by atoms with Gasteiger partial charge in [-0.2, -0.15) is 0 Å². The number of thiol groups is 1. The molecule has 1 N–H and O–H groups in total. The first-order chi connectivity index (χ1) is 7.83. The van der Waals surface area contributed by atoms with Gasteiger partial charge in [0.1, 0.15) is 0 Å². The van der Waals surface area contributed by atoms with Gasteiger partial charge in [0.25, 0.3) is 0 Å². The van der Waals surface area contributed by atoms with Crippen molar-refractivity contribution >= 4 is 34.2 Å². The van der Waals surface area contributed by atoms with E-state index >= 15 is 0 Å². The number of hydrogen-bond donors (Lipinski definition) is 2. The first-order valence-electron chi connectivity index (χ1n) is 5.52. The van der Waals surface area contributed by atoms with E-state index in [4.69, 9.17) is 5.11 Å². The highest BCUT2D eigenvalue weighted by molar-refractivity contribution is 8.76. The number of benzene rings is 1. The Kier molecular flexibility index (Phi) is 8.29. The van der Waals surface area contributed by atoms with Gasteiger partial charge >= 0.3 is 0 Å². The summed E-state index contributed by atoms with van der Waals surface area (Å²) in [6.45, 7) is 0.331. The maximum Gasteiger partial charge on any atom is 0.0431 e. The molecular weight excluding hydrogens is 256 g/mol. The van der Waals surface area contributed by atoms with Crippen molar-refractivity contribution in [2.75, 3.05) is 12.4 Å². The highest BCUT2D eigenvalue weighted by Gasteiger charge is 1.95. The molecule has 0 spiro atoms. The Morgan fingerprint density at radius 1 is 1.00 bits per heavy atom. The van der Waals surface area contributed by atoms with Crippen LogP contribution >= 0.6 is 34.2 Å². The summed E-state index contributed by atoms with van der Waals surface area (Å²) < 4.78 is 0. The van der Waals surface area contributed by atoms with Crippen molar-refractivity contribution < 1.29 is 5.11 Å². The summed E-state index contributed by atoms with van der Waals surface area (Å²) in [7, 11) is 3.73. The molecule has 1 aromatic carbocycles. The number of aliphatic hydroxyl groups excluding tert-OH is 1. The molecule has 0 aliphatic heterocycles. The Balaban J connectivity index is 2.01. The molecule has 0 atom stereocenters. The smallest absolute Gasteiger partial charge is 0.0431 e. The summed E-state index contributed by atoms with van der Waals surface area (Å²) in [4.78, 5) is 2.30. The molecule has 0 bridgehead atoms. The maximum absolute atomic E-state index is 8.62. The van der Waals surface area contributed by atoms with Crippen LogP contribution in [0.2, 0.25) is 0 Å². The summed E-state index contributed by atoms with van der Waals surface area (Å²) in [5, 5.41) is 8.62. The van der Waals surface area contributed by atoms with Gasteiger partial charge in [-0.3, -0.25) is 0 Å². The van der Waals surface area contributed by atoms with Gasteiger partial charge in [-0.25, -0.2) is 0 Å². The summed E-state index contributed by atoms with van der Waals surface area (Å²) >= 11 is 4.25. The molecule has 16 heavy (non-hydrogen) atoms. The second kappa shape index (κ2) is 9.28. The highest BCUT2D eigenvalue weighted by Crippen LogP contribution is 2.32. The Bertz CT molecular complexity index is 274. The van der Waals surface area contributed by atoms with Gasteiger partial charge in [0.15, 0.2) is 0 Å². The van der Waals surface area contributed by atoms with E-state index in [9.17, 15) is 0 Å². The van der Waals surface area contributed by atoms with Crippen LogP contribution in [-0.2, 0) is 0 Å². The van der Waals surface area contributed by atoms with E-state index in [1.165, 1.54) is 23.5 Å². The molecular formula is C12H18OS3. The molecule has 0 saturated heterocycles. The minimum Gasteiger partial charge on any atom is -0.396 e. The Hall–Kier alpha value is 0.230. The lowest BCUT2D eigenvalue weighted by molar-refractivity contribution is 0.283. The molecule has 1 rings (SSSR count).